The Morgan fingerprint density at radius 3 is 2.71 bits per heavy atom. The van der Waals surface area contributed by atoms with Crippen molar-refractivity contribution in [3.05, 3.63) is 54.1 Å². The predicted molar refractivity (Wildman–Crippen MR) is 104 cm³/mol. The monoisotopic (exact) mass is 443 g/mol. The zero-order valence-corrected chi connectivity index (χ0v) is 16.0. The highest BCUT2D eigenvalue weighted by Gasteiger charge is 2.45. The van der Waals surface area contributed by atoms with Crippen molar-refractivity contribution in [2.75, 3.05) is 20.1 Å². The maximum atomic E-state index is 14.0. The van der Waals surface area contributed by atoms with Crippen molar-refractivity contribution in [3.8, 4) is 0 Å². The fraction of sp³-hybridized carbons (Fsp3) is 0.412. The maximum Gasteiger partial charge on any atom is 0.191 e. The van der Waals surface area contributed by atoms with E-state index in [2.05, 4.69) is 20.7 Å². The van der Waals surface area contributed by atoms with Crippen molar-refractivity contribution in [1.29, 1.82) is 0 Å². The lowest BCUT2D eigenvalue weighted by Gasteiger charge is -2.19. The lowest BCUT2D eigenvalue weighted by atomic mass is 9.95. The largest absolute Gasteiger partial charge is 0.356 e. The van der Waals surface area contributed by atoms with Crippen LogP contribution in [-0.2, 0) is 12.0 Å². The second-order valence-corrected chi connectivity index (χ2v) is 5.88. The summed E-state index contributed by atoms with van der Waals surface area (Å²) in [7, 11) is 1.74. The highest BCUT2D eigenvalue weighted by molar-refractivity contribution is 14.0. The molecule has 0 unspecified atom stereocenters. The van der Waals surface area contributed by atoms with Gasteiger partial charge in [0.05, 0.1) is 6.54 Å². The Balaban J connectivity index is 0.00000208. The van der Waals surface area contributed by atoms with E-state index in [1.165, 1.54) is 6.07 Å². The fourth-order valence-corrected chi connectivity index (χ4v) is 2.78. The second kappa shape index (κ2) is 8.46. The fourth-order valence-electron chi connectivity index (χ4n) is 2.78. The molecular formula is C17H23FIN5. The molecule has 1 saturated carbocycles. The molecule has 0 saturated heterocycles. The molecule has 1 aliphatic carbocycles. The number of hydrogen-bond acceptors (Lipinski definition) is 2. The Bertz CT molecular complexity index is 667. The van der Waals surface area contributed by atoms with Gasteiger partial charge in [-0.1, -0.05) is 18.2 Å². The Morgan fingerprint density at radius 1 is 1.29 bits per heavy atom. The van der Waals surface area contributed by atoms with Gasteiger partial charge in [-0.3, -0.25) is 9.67 Å². The minimum absolute atomic E-state index is 0. The van der Waals surface area contributed by atoms with Crippen LogP contribution in [0.1, 0.15) is 18.4 Å². The van der Waals surface area contributed by atoms with Crippen molar-refractivity contribution in [1.82, 2.24) is 20.4 Å². The van der Waals surface area contributed by atoms with Crippen molar-refractivity contribution in [2.24, 2.45) is 4.99 Å². The molecular weight excluding hydrogens is 420 g/mol. The number of guanidine groups is 1. The van der Waals surface area contributed by atoms with Gasteiger partial charge in [-0.2, -0.15) is 5.10 Å². The van der Waals surface area contributed by atoms with Crippen molar-refractivity contribution in [3.63, 3.8) is 0 Å². The molecule has 1 heterocycles. The van der Waals surface area contributed by atoms with E-state index in [0.717, 1.165) is 37.5 Å². The number of hydrogen-bond donors (Lipinski definition) is 2. The smallest absolute Gasteiger partial charge is 0.191 e. The Labute approximate surface area is 158 Å². The molecule has 1 aromatic heterocycles. The summed E-state index contributed by atoms with van der Waals surface area (Å²) in [6.45, 7) is 2.19. The lowest BCUT2D eigenvalue weighted by Crippen LogP contribution is -2.42. The minimum atomic E-state index is -0.117. The average molecular weight is 443 g/mol. The molecule has 0 spiro atoms. The summed E-state index contributed by atoms with van der Waals surface area (Å²) in [5.41, 5.74) is 0.713. The molecule has 0 amide bonds. The second-order valence-electron chi connectivity index (χ2n) is 5.88. The third-order valence-electron chi connectivity index (χ3n) is 4.31. The molecule has 130 valence electrons. The van der Waals surface area contributed by atoms with E-state index in [-0.39, 0.29) is 35.2 Å². The molecule has 2 aromatic rings. The van der Waals surface area contributed by atoms with Crippen LogP contribution < -0.4 is 10.6 Å². The van der Waals surface area contributed by atoms with Gasteiger partial charge in [-0.25, -0.2) is 4.39 Å². The Morgan fingerprint density at radius 2 is 2.08 bits per heavy atom. The van der Waals surface area contributed by atoms with E-state index in [9.17, 15) is 4.39 Å². The molecule has 0 aliphatic heterocycles. The van der Waals surface area contributed by atoms with E-state index < -0.39 is 0 Å². The topological polar surface area (TPSA) is 54.2 Å². The van der Waals surface area contributed by atoms with Crippen LogP contribution >= 0.6 is 24.0 Å². The normalized spacial score (nSPS) is 15.5. The maximum absolute atomic E-state index is 14.0. The summed E-state index contributed by atoms with van der Waals surface area (Å²) >= 11 is 0. The first-order valence-corrected chi connectivity index (χ1v) is 7.90. The van der Waals surface area contributed by atoms with Crippen LogP contribution in [0.5, 0.6) is 0 Å². The summed E-state index contributed by atoms with van der Waals surface area (Å²) in [4.78, 5) is 4.22. The number of nitrogens with one attached hydrogen (secondary N) is 2. The van der Waals surface area contributed by atoms with Crippen molar-refractivity contribution < 1.29 is 4.39 Å². The van der Waals surface area contributed by atoms with Crippen molar-refractivity contribution in [2.45, 2.75) is 24.8 Å². The molecule has 2 N–H and O–H groups in total. The van der Waals surface area contributed by atoms with E-state index in [0.29, 0.717) is 6.54 Å². The summed E-state index contributed by atoms with van der Waals surface area (Å²) in [6.07, 6.45) is 5.70. The van der Waals surface area contributed by atoms with Crippen LogP contribution in [0.4, 0.5) is 4.39 Å². The molecule has 0 atom stereocenters. The number of rotatable bonds is 6. The molecule has 1 fully saturated rings. The van der Waals surface area contributed by atoms with E-state index in [1.54, 1.807) is 19.3 Å². The quantitative estimate of drug-likeness (QED) is 0.410. The van der Waals surface area contributed by atoms with Gasteiger partial charge >= 0.3 is 0 Å². The van der Waals surface area contributed by atoms with E-state index in [1.807, 2.05) is 29.1 Å². The third-order valence-corrected chi connectivity index (χ3v) is 4.31. The molecule has 1 aromatic carbocycles. The van der Waals surface area contributed by atoms with E-state index in [4.69, 9.17) is 0 Å². The first kappa shape index (κ1) is 18.7. The Hall–Kier alpha value is -1.64. The van der Waals surface area contributed by atoms with Gasteiger partial charge in [0.2, 0.25) is 0 Å². The molecule has 0 bridgehead atoms. The van der Waals surface area contributed by atoms with Gasteiger partial charge in [0.15, 0.2) is 5.96 Å². The molecule has 1 aliphatic rings. The van der Waals surface area contributed by atoms with Gasteiger partial charge in [0, 0.05) is 37.9 Å². The summed E-state index contributed by atoms with van der Waals surface area (Å²) in [6, 6.07) is 8.95. The van der Waals surface area contributed by atoms with E-state index >= 15 is 0 Å². The molecule has 7 heteroatoms. The van der Waals surface area contributed by atoms with Crippen molar-refractivity contribution >= 4 is 29.9 Å². The zero-order valence-electron chi connectivity index (χ0n) is 13.7. The van der Waals surface area contributed by atoms with Crippen LogP contribution in [0.2, 0.25) is 0 Å². The first-order valence-electron chi connectivity index (χ1n) is 7.90. The highest BCUT2D eigenvalue weighted by atomic mass is 127. The number of nitrogens with zero attached hydrogens (tertiary/aromatic N) is 3. The zero-order chi connectivity index (χ0) is 16.1. The van der Waals surface area contributed by atoms with Gasteiger partial charge in [0.1, 0.15) is 5.82 Å². The van der Waals surface area contributed by atoms with Gasteiger partial charge in [-0.15, -0.1) is 24.0 Å². The van der Waals surface area contributed by atoms with Crippen LogP contribution in [0.25, 0.3) is 0 Å². The third kappa shape index (κ3) is 4.46. The van der Waals surface area contributed by atoms with Crippen LogP contribution in [-0.4, -0.2) is 35.9 Å². The summed E-state index contributed by atoms with van der Waals surface area (Å²) in [5.74, 6) is 0.619. The van der Waals surface area contributed by atoms with Gasteiger partial charge in [-0.05, 0) is 30.5 Å². The number of aromatic nitrogens is 2. The molecule has 3 rings (SSSR count). The average Bonchev–Trinajstić information content (AvgIpc) is 3.17. The van der Waals surface area contributed by atoms with Gasteiger partial charge in [0.25, 0.3) is 0 Å². The van der Waals surface area contributed by atoms with Gasteiger partial charge < -0.3 is 10.6 Å². The number of aliphatic imine (C=N–C) groups is 1. The van der Waals surface area contributed by atoms with Crippen LogP contribution in [0.3, 0.4) is 0 Å². The molecule has 24 heavy (non-hydrogen) atoms. The summed E-state index contributed by atoms with van der Waals surface area (Å²) < 4.78 is 15.9. The SMILES string of the molecule is CN=C(NCCn1cccn1)NCC1(c2ccccc2F)CC1.I. The first-order chi connectivity index (χ1) is 11.2. The molecule has 5 nitrogen and oxygen atoms in total. The number of benzene rings is 1. The van der Waals surface area contributed by atoms with Crippen LogP contribution in [0.15, 0.2) is 47.7 Å². The lowest BCUT2D eigenvalue weighted by molar-refractivity contribution is 0.556. The summed E-state index contributed by atoms with van der Waals surface area (Å²) in [5, 5.41) is 10.7. The standard InChI is InChI=1S/C17H22FN5.HI/c1-19-16(20-10-12-23-11-4-9-22-23)21-13-17(7-8-17)14-5-2-3-6-15(14)18;/h2-6,9,11H,7-8,10,12-13H2,1H3,(H2,19,20,21);1H. The predicted octanol–water partition coefficient (Wildman–Crippen LogP) is 2.54. The highest BCUT2D eigenvalue weighted by Crippen LogP contribution is 2.48. The molecule has 0 radical (unpaired) electrons. The Kier molecular flexibility index (Phi) is 6.59. The minimum Gasteiger partial charge on any atom is -0.356 e. The number of halogens is 2. The van der Waals surface area contributed by atoms with Crippen LogP contribution in [0, 0.1) is 5.82 Å².